The van der Waals surface area contributed by atoms with E-state index in [0.29, 0.717) is 6.04 Å². The van der Waals surface area contributed by atoms with Crippen LogP contribution in [0.5, 0.6) is 0 Å². The third kappa shape index (κ3) is 2.56. The molecule has 2 aromatic carbocycles. The highest BCUT2D eigenvalue weighted by Crippen LogP contribution is 2.37. The Labute approximate surface area is 126 Å². The number of anilines is 1. The topological polar surface area (TPSA) is 24.1 Å². The van der Waals surface area contributed by atoms with Crippen LogP contribution in [0.25, 0.3) is 11.1 Å². The van der Waals surface area contributed by atoms with Gasteiger partial charge in [-0.3, -0.25) is 0 Å². The van der Waals surface area contributed by atoms with Crippen molar-refractivity contribution in [3.63, 3.8) is 0 Å². The lowest BCUT2D eigenvalue weighted by Crippen LogP contribution is -2.21. The fourth-order valence-corrected chi connectivity index (χ4v) is 3.63. The van der Waals surface area contributed by atoms with E-state index in [1.807, 2.05) is 0 Å². The Morgan fingerprint density at radius 2 is 1.81 bits per heavy atom. The molecular formula is C19H22N2. The van der Waals surface area contributed by atoms with Gasteiger partial charge in [0, 0.05) is 11.7 Å². The maximum atomic E-state index is 3.74. The van der Waals surface area contributed by atoms with Gasteiger partial charge in [0.2, 0.25) is 0 Å². The van der Waals surface area contributed by atoms with E-state index in [1.165, 1.54) is 47.2 Å². The summed E-state index contributed by atoms with van der Waals surface area (Å²) in [7, 11) is 0. The Balaban J connectivity index is 1.55. The summed E-state index contributed by atoms with van der Waals surface area (Å²) >= 11 is 0. The number of hydrogen-bond donors (Lipinski definition) is 2. The standard InChI is InChI=1S/C19H22N2/c1-2-6-18-14(4-1)12-15-13-17(7-8-19(15)18)21-16-5-3-10-20-11-9-16/h1-2,4,6-8,13,16,20-21H,3,5,9-12H2. The predicted molar refractivity (Wildman–Crippen MR) is 88.8 cm³/mol. The second-order valence-electron chi connectivity index (χ2n) is 6.23. The lowest BCUT2D eigenvalue weighted by molar-refractivity contribution is 0.637. The molecule has 1 aliphatic carbocycles. The quantitative estimate of drug-likeness (QED) is 0.745. The van der Waals surface area contributed by atoms with Gasteiger partial charge in [-0.25, -0.2) is 0 Å². The third-order valence-electron chi connectivity index (χ3n) is 4.74. The zero-order valence-corrected chi connectivity index (χ0v) is 12.4. The Morgan fingerprint density at radius 1 is 0.905 bits per heavy atom. The fourth-order valence-electron chi connectivity index (χ4n) is 3.63. The molecule has 2 aliphatic rings. The average molecular weight is 278 g/mol. The van der Waals surface area contributed by atoms with Gasteiger partial charge in [0.1, 0.15) is 0 Å². The van der Waals surface area contributed by atoms with Crippen molar-refractivity contribution < 1.29 is 0 Å². The van der Waals surface area contributed by atoms with Crippen molar-refractivity contribution >= 4 is 5.69 Å². The minimum atomic E-state index is 0.613. The summed E-state index contributed by atoms with van der Waals surface area (Å²) < 4.78 is 0. The molecule has 0 bridgehead atoms. The Bertz CT molecular complexity index is 640. The Kier molecular flexibility index (Phi) is 3.40. The van der Waals surface area contributed by atoms with Crippen LogP contribution in [0, 0.1) is 0 Å². The molecule has 4 rings (SSSR count). The van der Waals surface area contributed by atoms with Crippen molar-refractivity contribution in [2.45, 2.75) is 31.7 Å². The summed E-state index contributed by atoms with van der Waals surface area (Å²) in [6, 6.07) is 16.3. The van der Waals surface area contributed by atoms with Gasteiger partial charge in [-0.1, -0.05) is 30.3 Å². The van der Waals surface area contributed by atoms with Crippen molar-refractivity contribution in [2.75, 3.05) is 18.4 Å². The molecule has 108 valence electrons. The lowest BCUT2D eigenvalue weighted by atomic mass is 10.0. The zero-order valence-electron chi connectivity index (χ0n) is 12.4. The predicted octanol–water partition coefficient (Wildman–Crippen LogP) is 3.81. The van der Waals surface area contributed by atoms with Crippen molar-refractivity contribution in [1.29, 1.82) is 0 Å². The normalized spacial score (nSPS) is 20.5. The molecule has 0 saturated carbocycles. The van der Waals surface area contributed by atoms with Crippen LogP contribution in [-0.2, 0) is 6.42 Å². The first-order valence-electron chi connectivity index (χ1n) is 8.08. The smallest absolute Gasteiger partial charge is 0.0345 e. The van der Waals surface area contributed by atoms with Gasteiger partial charge in [-0.2, -0.15) is 0 Å². The summed E-state index contributed by atoms with van der Waals surface area (Å²) in [6.07, 6.45) is 4.84. The van der Waals surface area contributed by atoms with E-state index in [-0.39, 0.29) is 0 Å². The Hall–Kier alpha value is -1.80. The van der Waals surface area contributed by atoms with E-state index in [4.69, 9.17) is 0 Å². The molecule has 0 spiro atoms. The van der Waals surface area contributed by atoms with Crippen molar-refractivity contribution in [1.82, 2.24) is 5.32 Å². The summed E-state index contributed by atoms with van der Waals surface area (Å²) in [6.45, 7) is 2.30. The molecule has 0 aromatic heterocycles. The minimum absolute atomic E-state index is 0.613. The molecule has 21 heavy (non-hydrogen) atoms. The van der Waals surface area contributed by atoms with Gasteiger partial charge in [-0.15, -0.1) is 0 Å². The van der Waals surface area contributed by atoms with E-state index in [1.54, 1.807) is 0 Å². The first-order valence-corrected chi connectivity index (χ1v) is 8.08. The van der Waals surface area contributed by atoms with Gasteiger partial charge >= 0.3 is 0 Å². The third-order valence-corrected chi connectivity index (χ3v) is 4.74. The SMILES string of the molecule is c1ccc2c(c1)Cc1cc(NC3CCCNCC3)ccc1-2. The second kappa shape index (κ2) is 5.53. The molecule has 2 aromatic rings. The van der Waals surface area contributed by atoms with Crippen molar-refractivity contribution in [3.8, 4) is 11.1 Å². The highest BCUT2D eigenvalue weighted by Gasteiger charge is 2.18. The van der Waals surface area contributed by atoms with Gasteiger partial charge in [0.25, 0.3) is 0 Å². The monoisotopic (exact) mass is 278 g/mol. The van der Waals surface area contributed by atoms with Crippen LogP contribution < -0.4 is 10.6 Å². The maximum Gasteiger partial charge on any atom is 0.0345 e. The van der Waals surface area contributed by atoms with E-state index >= 15 is 0 Å². The minimum Gasteiger partial charge on any atom is -0.382 e. The van der Waals surface area contributed by atoms with Crippen LogP contribution in [-0.4, -0.2) is 19.1 Å². The van der Waals surface area contributed by atoms with Crippen LogP contribution in [0.2, 0.25) is 0 Å². The summed E-state index contributed by atoms with van der Waals surface area (Å²) in [5.41, 5.74) is 7.04. The Morgan fingerprint density at radius 3 is 2.81 bits per heavy atom. The number of fused-ring (bicyclic) bond motifs is 3. The zero-order chi connectivity index (χ0) is 14.1. The van der Waals surface area contributed by atoms with Crippen LogP contribution >= 0.6 is 0 Å². The number of benzene rings is 2. The molecule has 2 nitrogen and oxygen atoms in total. The molecular weight excluding hydrogens is 256 g/mol. The van der Waals surface area contributed by atoms with Crippen LogP contribution in [0.1, 0.15) is 30.4 Å². The van der Waals surface area contributed by atoms with E-state index in [9.17, 15) is 0 Å². The highest BCUT2D eigenvalue weighted by atomic mass is 14.9. The molecule has 1 atom stereocenters. The van der Waals surface area contributed by atoms with Gasteiger partial charge in [0.05, 0.1) is 0 Å². The summed E-state index contributed by atoms with van der Waals surface area (Å²) in [5.74, 6) is 0. The largest absolute Gasteiger partial charge is 0.382 e. The first-order chi connectivity index (χ1) is 10.4. The van der Waals surface area contributed by atoms with E-state index in [0.717, 1.165) is 19.5 Å². The highest BCUT2D eigenvalue weighted by molar-refractivity contribution is 5.78. The molecule has 2 heteroatoms. The number of hydrogen-bond acceptors (Lipinski definition) is 2. The van der Waals surface area contributed by atoms with Gasteiger partial charge in [-0.05, 0) is 73.2 Å². The fraction of sp³-hybridized carbons (Fsp3) is 0.368. The van der Waals surface area contributed by atoms with Gasteiger partial charge < -0.3 is 10.6 Å². The molecule has 1 aliphatic heterocycles. The van der Waals surface area contributed by atoms with E-state index < -0.39 is 0 Å². The van der Waals surface area contributed by atoms with E-state index in [2.05, 4.69) is 53.1 Å². The molecule has 1 fully saturated rings. The molecule has 1 saturated heterocycles. The number of nitrogens with one attached hydrogen (secondary N) is 2. The first kappa shape index (κ1) is 12.9. The summed E-state index contributed by atoms with van der Waals surface area (Å²) in [4.78, 5) is 0. The maximum absolute atomic E-state index is 3.74. The number of rotatable bonds is 2. The lowest BCUT2D eigenvalue weighted by Gasteiger charge is -2.18. The molecule has 0 radical (unpaired) electrons. The molecule has 2 N–H and O–H groups in total. The van der Waals surface area contributed by atoms with Crippen molar-refractivity contribution in [2.24, 2.45) is 0 Å². The van der Waals surface area contributed by atoms with Crippen LogP contribution in [0.4, 0.5) is 5.69 Å². The van der Waals surface area contributed by atoms with Crippen LogP contribution in [0.3, 0.4) is 0 Å². The molecule has 1 heterocycles. The molecule has 0 amide bonds. The summed E-state index contributed by atoms with van der Waals surface area (Å²) in [5, 5.41) is 7.21. The average Bonchev–Trinajstić information content (AvgIpc) is 2.67. The van der Waals surface area contributed by atoms with Crippen LogP contribution in [0.15, 0.2) is 42.5 Å². The van der Waals surface area contributed by atoms with Crippen molar-refractivity contribution in [3.05, 3.63) is 53.6 Å². The second-order valence-corrected chi connectivity index (χ2v) is 6.23. The van der Waals surface area contributed by atoms with Gasteiger partial charge in [0.15, 0.2) is 0 Å². The molecule has 1 unspecified atom stereocenters.